The summed E-state index contributed by atoms with van der Waals surface area (Å²) >= 11 is 1.55. The standard InChI is InChI=1S/C15H21N3S/c1-9-2-6-11(7-3-9)18-15-13(10-4-5-10)14(17)12(8-16)19-15/h9-11,18H,2-7,17H2,1H3. The van der Waals surface area contributed by atoms with Crippen molar-refractivity contribution in [3.63, 3.8) is 0 Å². The molecule has 2 saturated carbocycles. The molecule has 0 unspecified atom stereocenters. The number of nitrogen functional groups attached to an aromatic ring is 1. The maximum Gasteiger partial charge on any atom is 0.130 e. The molecule has 0 bridgehead atoms. The summed E-state index contributed by atoms with van der Waals surface area (Å²) in [7, 11) is 0. The molecule has 3 N–H and O–H groups in total. The van der Waals surface area contributed by atoms with Gasteiger partial charge in [0.05, 0.1) is 10.7 Å². The minimum absolute atomic E-state index is 0.568. The first kappa shape index (κ1) is 12.8. The predicted octanol–water partition coefficient (Wildman–Crippen LogP) is 4.07. The highest BCUT2D eigenvalue weighted by Gasteiger charge is 2.32. The minimum Gasteiger partial charge on any atom is -0.397 e. The van der Waals surface area contributed by atoms with Gasteiger partial charge < -0.3 is 11.1 Å². The first-order valence-electron chi connectivity index (χ1n) is 7.27. The molecule has 0 saturated heterocycles. The van der Waals surface area contributed by atoms with Crippen molar-refractivity contribution in [1.29, 1.82) is 5.26 Å². The Morgan fingerprint density at radius 3 is 2.47 bits per heavy atom. The molecule has 0 spiro atoms. The van der Waals surface area contributed by atoms with Crippen molar-refractivity contribution in [2.24, 2.45) is 5.92 Å². The second-order valence-electron chi connectivity index (χ2n) is 6.07. The fourth-order valence-electron chi connectivity index (χ4n) is 3.01. The molecule has 2 aliphatic rings. The number of hydrogen-bond donors (Lipinski definition) is 2. The second kappa shape index (κ2) is 5.05. The van der Waals surface area contributed by atoms with E-state index in [0.717, 1.165) is 11.6 Å². The Morgan fingerprint density at radius 2 is 1.89 bits per heavy atom. The average Bonchev–Trinajstić information content (AvgIpc) is 3.18. The zero-order valence-electron chi connectivity index (χ0n) is 11.4. The van der Waals surface area contributed by atoms with Crippen LogP contribution in [0, 0.1) is 17.2 Å². The van der Waals surface area contributed by atoms with Gasteiger partial charge in [0, 0.05) is 11.6 Å². The number of nitrogens with one attached hydrogen (secondary N) is 1. The molecule has 0 radical (unpaired) electrons. The normalized spacial score (nSPS) is 26.9. The molecule has 0 atom stereocenters. The summed E-state index contributed by atoms with van der Waals surface area (Å²) in [6.45, 7) is 2.34. The molecule has 3 nitrogen and oxygen atoms in total. The van der Waals surface area contributed by atoms with Gasteiger partial charge in [-0.15, -0.1) is 11.3 Å². The van der Waals surface area contributed by atoms with Crippen LogP contribution in [0.1, 0.15) is 61.8 Å². The lowest BCUT2D eigenvalue weighted by molar-refractivity contribution is 0.361. The molecule has 102 valence electrons. The van der Waals surface area contributed by atoms with Crippen LogP contribution in [0.5, 0.6) is 0 Å². The van der Waals surface area contributed by atoms with Gasteiger partial charge in [-0.05, 0) is 50.4 Å². The Balaban J connectivity index is 1.78. The van der Waals surface area contributed by atoms with Gasteiger partial charge in [0.1, 0.15) is 10.9 Å². The van der Waals surface area contributed by atoms with E-state index in [1.54, 1.807) is 11.3 Å². The monoisotopic (exact) mass is 275 g/mol. The van der Waals surface area contributed by atoms with Crippen molar-refractivity contribution in [3.8, 4) is 6.07 Å². The number of anilines is 2. The summed E-state index contributed by atoms with van der Waals surface area (Å²) in [5.41, 5.74) is 8.10. The fraction of sp³-hybridized carbons (Fsp3) is 0.667. The van der Waals surface area contributed by atoms with Crippen LogP contribution in [-0.2, 0) is 0 Å². The maximum absolute atomic E-state index is 9.15. The number of nitrogens with zero attached hydrogens (tertiary/aromatic N) is 1. The van der Waals surface area contributed by atoms with Crippen LogP contribution in [0.4, 0.5) is 10.7 Å². The summed E-state index contributed by atoms with van der Waals surface area (Å²) in [6, 6.07) is 2.80. The van der Waals surface area contributed by atoms with Crippen LogP contribution >= 0.6 is 11.3 Å². The highest BCUT2D eigenvalue weighted by Crippen LogP contribution is 2.51. The summed E-state index contributed by atoms with van der Waals surface area (Å²) in [5, 5.41) is 14.0. The van der Waals surface area contributed by atoms with E-state index < -0.39 is 0 Å². The van der Waals surface area contributed by atoms with Gasteiger partial charge in [-0.25, -0.2) is 0 Å². The van der Waals surface area contributed by atoms with E-state index >= 15 is 0 Å². The van der Waals surface area contributed by atoms with Gasteiger partial charge in [-0.2, -0.15) is 5.26 Å². The summed E-state index contributed by atoms with van der Waals surface area (Å²) < 4.78 is 0. The maximum atomic E-state index is 9.15. The van der Waals surface area contributed by atoms with Crippen molar-refractivity contribution >= 4 is 22.0 Å². The van der Waals surface area contributed by atoms with Crippen molar-refractivity contribution in [1.82, 2.24) is 0 Å². The molecule has 2 aliphatic carbocycles. The van der Waals surface area contributed by atoms with E-state index in [0.29, 0.717) is 16.8 Å². The van der Waals surface area contributed by atoms with Gasteiger partial charge in [0.25, 0.3) is 0 Å². The van der Waals surface area contributed by atoms with Crippen molar-refractivity contribution in [3.05, 3.63) is 10.4 Å². The van der Waals surface area contributed by atoms with Crippen molar-refractivity contribution in [2.45, 2.75) is 57.4 Å². The van der Waals surface area contributed by atoms with Crippen LogP contribution in [0.25, 0.3) is 0 Å². The molecule has 3 rings (SSSR count). The van der Waals surface area contributed by atoms with E-state index in [1.165, 1.54) is 49.1 Å². The first-order valence-corrected chi connectivity index (χ1v) is 8.09. The van der Waals surface area contributed by atoms with Gasteiger partial charge in [-0.1, -0.05) is 6.92 Å². The van der Waals surface area contributed by atoms with Crippen molar-refractivity contribution < 1.29 is 0 Å². The summed E-state index contributed by atoms with van der Waals surface area (Å²) in [4.78, 5) is 0.688. The summed E-state index contributed by atoms with van der Waals surface area (Å²) in [6.07, 6.45) is 7.55. The van der Waals surface area contributed by atoms with Gasteiger partial charge in [-0.3, -0.25) is 0 Å². The molecule has 1 aromatic heterocycles. The molecule has 1 aromatic rings. The third-order valence-electron chi connectivity index (χ3n) is 4.42. The fourth-order valence-corrected chi connectivity index (χ4v) is 4.10. The van der Waals surface area contributed by atoms with E-state index in [4.69, 9.17) is 11.0 Å². The van der Waals surface area contributed by atoms with Gasteiger partial charge >= 0.3 is 0 Å². The lowest BCUT2D eigenvalue weighted by Crippen LogP contribution is -2.25. The third-order valence-corrected chi connectivity index (χ3v) is 5.48. The molecule has 0 amide bonds. The number of nitrogens with two attached hydrogens (primary N) is 1. The van der Waals surface area contributed by atoms with Crippen LogP contribution < -0.4 is 11.1 Å². The molecule has 0 aromatic carbocycles. The Bertz CT molecular complexity index is 502. The van der Waals surface area contributed by atoms with Crippen LogP contribution in [0.15, 0.2) is 0 Å². The van der Waals surface area contributed by atoms with E-state index in [9.17, 15) is 0 Å². The highest BCUT2D eigenvalue weighted by atomic mass is 32.1. The Morgan fingerprint density at radius 1 is 1.21 bits per heavy atom. The van der Waals surface area contributed by atoms with Crippen molar-refractivity contribution in [2.75, 3.05) is 11.1 Å². The molecular formula is C15H21N3S. The van der Waals surface area contributed by atoms with E-state index in [1.807, 2.05) is 0 Å². The molecule has 2 fully saturated rings. The lowest BCUT2D eigenvalue weighted by atomic mass is 9.87. The predicted molar refractivity (Wildman–Crippen MR) is 80.5 cm³/mol. The Labute approximate surface area is 118 Å². The Kier molecular flexibility index (Phi) is 3.40. The highest BCUT2D eigenvalue weighted by molar-refractivity contribution is 7.17. The van der Waals surface area contributed by atoms with Crippen LogP contribution in [0.2, 0.25) is 0 Å². The van der Waals surface area contributed by atoms with E-state index in [-0.39, 0.29) is 0 Å². The lowest BCUT2D eigenvalue weighted by Gasteiger charge is -2.27. The quantitative estimate of drug-likeness (QED) is 0.874. The van der Waals surface area contributed by atoms with Gasteiger partial charge in [0.2, 0.25) is 0 Å². The number of rotatable bonds is 3. The Hall–Kier alpha value is -1.21. The van der Waals surface area contributed by atoms with Crippen LogP contribution in [0.3, 0.4) is 0 Å². The number of nitriles is 1. The molecule has 4 heteroatoms. The van der Waals surface area contributed by atoms with E-state index in [2.05, 4.69) is 18.3 Å². The average molecular weight is 275 g/mol. The zero-order chi connectivity index (χ0) is 13.4. The number of hydrogen-bond acceptors (Lipinski definition) is 4. The summed E-state index contributed by atoms with van der Waals surface area (Å²) in [5.74, 6) is 1.47. The SMILES string of the molecule is CC1CCC(Nc2sc(C#N)c(N)c2C2CC2)CC1. The first-order chi connectivity index (χ1) is 9.19. The molecule has 1 heterocycles. The topological polar surface area (TPSA) is 61.8 Å². The smallest absolute Gasteiger partial charge is 0.130 e. The van der Waals surface area contributed by atoms with Gasteiger partial charge in [0.15, 0.2) is 0 Å². The molecule has 19 heavy (non-hydrogen) atoms. The second-order valence-corrected chi connectivity index (χ2v) is 7.10. The zero-order valence-corrected chi connectivity index (χ0v) is 12.2. The minimum atomic E-state index is 0.568. The largest absolute Gasteiger partial charge is 0.397 e. The van der Waals surface area contributed by atoms with Crippen LogP contribution in [-0.4, -0.2) is 6.04 Å². The third kappa shape index (κ3) is 2.57. The molecular weight excluding hydrogens is 254 g/mol. The molecule has 0 aliphatic heterocycles. The number of thiophene rings is 1.